The van der Waals surface area contributed by atoms with E-state index in [1.165, 1.54) is 4.90 Å². The third-order valence-corrected chi connectivity index (χ3v) is 3.34. The highest BCUT2D eigenvalue weighted by Crippen LogP contribution is 2.16. The minimum Gasteiger partial charge on any atom is -0.324 e. The first-order valence-electron chi connectivity index (χ1n) is 6.06. The predicted molar refractivity (Wildman–Crippen MR) is 59.7 cm³/mol. The summed E-state index contributed by atoms with van der Waals surface area (Å²) in [6.07, 6.45) is 4.58. The van der Waals surface area contributed by atoms with Crippen molar-refractivity contribution in [1.29, 1.82) is 0 Å². The number of amides is 3. The van der Waals surface area contributed by atoms with Crippen molar-refractivity contribution in [3.8, 4) is 0 Å². The molecule has 90 valence electrons. The second-order valence-electron chi connectivity index (χ2n) is 4.57. The summed E-state index contributed by atoms with van der Waals surface area (Å²) >= 11 is 0. The first-order chi connectivity index (χ1) is 7.70. The van der Waals surface area contributed by atoms with Crippen LogP contribution in [-0.4, -0.2) is 47.4 Å². The van der Waals surface area contributed by atoms with Crippen molar-refractivity contribution in [3.05, 3.63) is 0 Å². The van der Waals surface area contributed by atoms with Crippen LogP contribution in [0.5, 0.6) is 0 Å². The summed E-state index contributed by atoms with van der Waals surface area (Å²) in [5.74, 6) is -0.200. The van der Waals surface area contributed by atoms with Gasteiger partial charge < -0.3 is 10.6 Å². The van der Waals surface area contributed by atoms with Gasteiger partial charge in [0.2, 0.25) is 5.91 Å². The fourth-order valence-corrected chi connectivity index (χ4v) is 2.34. The minimum absolute atomic E-state index is 0.139. The fourth-order valence-electron chi connectivity index (χ4n) is 2.34. The Bertz CT molecular complexity index is 287. The number of nitrogens with two attached hydrogens (primary N) is 1. The van der Waals surface area contributed by atoms with Crippen molar-refractivity contribution in [2.45, 2.75) is 38.1 Å². The molecule has 16 heavy (non-hydrogen) atoms. The van der Waals surface area contributed by atoms with Crippen molar-refractivity contribution in [2.24, 2.45) is 5.73 Å². The summed E-state index contributed by atoms with van der Waals surface area (Å²) in [5.41, 5.74) is 5.74. The quantitative estimate of drug-likeness (QED) is 0.654. The first kappa shape index (κ1) is 11.4. The topological polar surface area (TPSA) is 66.6 Å². The number of carbonyl (C=O) groups is 2. The van der Waals surface area contributed by atoms with Crippen LogP contribution in [0, 0.1) is 0 Å². The van der Waals surface area contributed by atoms with E-state index in [-0.39, 0.29) is 11.9 Å². The maximum atomic E-state index is 12.1. The summed E-state index contributed by atoms with van der Waals surface area (Å²) < 4.78 is 0. The van der Waals surface area contributed by atoms with E-state index in [1.807, 2.05) is 0 Å². The highest BCUT2D eigenvalue weighted by atomic mass is 16.2. The predicted octanol–water partition coefficient (Wildman–Crippen LogP) is 0.542. The number of imide groups is 1. The molecule has 0 aromatic carbocycles. The Hall–Kier alpha value is -1.10. The van der Waals surface area contributed by atoms with Crippen LogP contribution in [0.2, 0.25) is 0 Å². The third kappa shape index (κ3) is 2.19. The van der Waals surface area contributed by atoms with Crippen molar-refractivity contribution < 1.29 is 9.59 Å². The van der Waals surface area contributed by atoms with E-state index in [9.17, 15) is 9.59 Å². The Morgan fingerprint density at radius 3 is 2.44 bits per heavy atom. The summed E-state index contributed by atoms with van der Waals surface area (Å²) in [5, 5.41) is 0. The molecule has 3 amide bonds. The maximum absolute atomic E-state index is 12.1. The molecule has 2 rings (SSSR count). The highest BCUT2D eigenvalue weighted by molar-refractivity contribution is 5.97. The molecular formula is C11H19N3O2. The molecule has 2 N–H and O–H groups in total. The van der Waals surface area contributed by atoms with Crippen molar-refractivity contribution in [1.82, 2.24) is 9.80 Å². The van der Waals surface area contributed by atoms with Crippen molar-refractivity contribution in [3.63, 3.8) is 0 Å². The van der Waals surface area contributed by atoms with Crippen LogP contribution in [-0.2, 0) is 4.79 Å². The summed E-state index contributed by atoms with van der Waals surface area (Å²) in [4.78, 5) is 27.1. The van der Waals surface area contributed by atoms with Crippen molar-refractivity contribution >= 4 is 11.9 Å². The van der Waals surface area contributed by atoms with E-state index in [0.29, 0.717) is 13.0 Å². The lowest BCUT2D eigenvalue weighted by Gasteiger charge is -2.26. The number of likely N-dealkylation sites (tertiary alicyclic amines) is 2. The van der Waals surface area contributed by atoms with Gasteiger partial charge in [-0.3, -0.25) is 9.69 Å². The Balaban J connectivity index is 2.05. The van der Waals surface area contributed by atoms with Gasteiger partial charge in [0.05, 0.1) is 6.04 Å². The zero-order valence-corrected chi connectivity index (χ0v) is 9.52. The molecule has 2 aliphatic rings. The van der Waals surface area contributed by atoms with Gasteiger partial charge in [0.15, 0.2) is 0 Å². The van der Waals surface area contributed by atoms with E-state index < -0.39 is 6.04 Å². The molecule has 2 fully saturated rings. The molecule has 5 nitrogen and oxygen atoms in total. The zero-order valence-electron chi connectivity index (χ0n) is 9.52. The van der Waals surface area contributed by atoms with Gasteiger partial charge in [0.25, 0.3) is 0 Å². The standard InChI is InChI=1S/C11H19N3O2/c12-9-5-1-2-8-14(10(9)15)11(16)13-6-3-4-7-13/h9H,1-8,12H2/t9-/m0/s1. The van der Waals surface area contributed by atoms with Crippen LogP contribution in [0.3, 0.4) is 0 Å². The molecular weight excluding hydrogens is 206 g/mol. The lowest BCUT2D eigenvalue weighted by molar-refractivity contribution is -0.129. The van der Waals surface area contributed by atoms with Gasteiger partial charge in [-0.25, -0.2) is 4.79 Å². The Labute approximate surface area is 95.6 Å². The van der Waals surface area contributed by atoms with Gasteiger partial charge in [0.1, 0.15) is 0 Å². The summed E-state index contributed by atoms with van der Waals surface area (Å²) in [7, 11) is 0. The van der Waals surface area contributed by atoms with E-state index in [1.54, 1.807) is 4.90 Å². The molecule has 2 saturated heterocycles. The lowest BCUT2D eigenvalue weighted by Crippen LogP contribution is -2.50. The number of hydrogen-bond acceptors (Lipinski definition) is 3. The van der Waals surface area contributed by atoms with E-state index in [2.05, 4.69) is 0 Å². The smallest absolute Gasteiger partial charge is 0.324 e. The molecule has 0 saturated carbocycles. The largest absolute Gasteiger partial charge is 0.326 e. The second kappa shape index (κ2) is 4.82. The maximum Gasteiger partial charge on any atom is 0.326 e. The van der Waals surface area contributed by atoms with Gasteiger partial charge in [-0.05, 0) is 32.1 Å². The molecule has 2 aliphatic heterocycles. The SMILES string of the molecule is N[C@H]1CCCCN(C(=O)N2CCCC2)C1=O. The van der Waals surface area contributed by atoms with Crippen LogP contribution in [0.4, 0.5) is 4.79 Å². The van der Waals surface area contributed by atoms with E-state index >= 15 is 0 Å². The number of urea groups is 1. The average Bonchev–Trinajstić information content (AvgIpc) is 2.75. The minimum atomic E-state index is -0.492. The Kier molecular flexibility index (Phi) is 3.43. The molecule has 0 unspecified atom stereocenters. The monoisotopic (exact) mass is 225 g/mol. The zero-order chi connectivity index (χ0) is 11.5. The molecule has 0 spiro atoms. The van der Waals surface area contributed by atoms with Crippen LogP contribution in [0.15, 0.2) is 0 Å². The van der Waals surface area contributed by atoms with Crippen molar-refractivity contribution in [2.75, 3.05) is 19.6 Å². The first-order valence-corrected chi connectivity index (χ1v) is 6.06. The number of nitrogens with zero attached hydrogens (tertiary/aromatic N) is 2. The van der Waals surface area contributed by atoms with Crippen LogP contribution < -0.4 is 5.73 Å². The molecule has 0 radical (unpaired) electrons. The summed E-state index contributed by atoms with van der Waals surface area (Å²) in [6, 6.07) is -0.631. The molecule has 0 aromatic heterocycles. The average molecular weight is 225 g/mol. The Morgan fingerprint density at radius 2 is 1.75 bits per heavy atom. The molecule has 0 aliphatic carbocycles. The molecule has 0 bridgehead atoms. The van der Waals surface area contributed by atoms with E-state index in [0.717, 1.165) is 38.8 Å². The van der Waals surface area contributed by atoms with Gasteiger partial charge in [-0.1, -0.05) is 0 Å². The molecule has 0 aromatic rings. The fraction of sp³-hybridized carbons (Fsp3) is 0.818. The number of rotatable bonds is 0. The number of carbonyl (C=O) groups excluding carboxylic acids is 2. The van der Waals surface area contributed by atoms with Gasteiger partial charge in [-0.2, -0.15) is 0 Å². The van der Waals surface area contributed by atoms with Crippen LogP contribution in [0.25, 0.3) is 0 Å². The molecule has 1 atom stereocenters. The normalized spacial score (nSPS) is 27.1. The van der Waals surface area contributed by atoms with Crippen LogP contribution in [0.1, 0.15) is 32.1 Å². The lowest BCUT2D eigenvalue weighted by atomic mass is 10.1. The highest BCUT2D eigenvalue weighted by Gasteiger charge is 2.32. The van der Waals surface area contributed by atoms with Gasteiger partial charge in [-0.15, -0.1) is 0 Å². The van der Waals surface area contributed by atoms with E-state index in [4.69, 9.17) is 5.73 Å². The molecule has 5 heteroatoms. The third-order valence-electron chi connectivity index (χ3n) is 3.34. The summed E-state index contributed by atoms with van der Waals surface area (Å²) in [6.45, 7) is 2.08. The van der Waals surface area contributed by atoms with Crippen LogP contribution >= 0.6 is 0 Å². The van der Waals surface area contributed by atoms with Gasteiger partial charge in [0, 0.05) is 19.6 Å². The Morgan fingerprint density at radius 1 is 1.12 bits per heavy atom. The van der Waals surface area contributed by atoms with Gasteiger partial charge >= 0.3 is 6.03 Å². The second-order valence-corrected chi connectivity index (χ2v) is 4.57. The number of hydrogen-bond donors (Lipinski definition) is 1. The molecule has 2 heterocycles.